The summed E-state index contributed by atoms with van der Waals surface area (Å²) in [5.41, 5.74) is 0.628. The van der Waals surface area contributed by atoms with Crippen molar-refractivity contribution in [3.8, 4) is 0 Å². The number of nitrogens with one attached hydrogen (secondary N) is 1. The van der Waals surface area contributed by atoms with Crippen LogP contribution in [0.5, 0.6) is 0 Å². The first-order valence-corrected chi connectivity index (χ1v) is 8.67. The minimum Gasteiger partial charge on any atom is -0.378 e. The minimum absolute atomic E-state index is 0. The monoisotopic (exact) mass is 423 g/mol. The van der Waals surface area contributed by atoms with E-state index in [0.29, 0.717) is 17.4 Å². The van der Waals surface area contributed by atoms with Crippen molar-refractivity contribution in [1.82, 2.24) is 10.2 Å². The number of guanidine groups is 1. The van der Waals surface area contributed by atoms with Gasteiger partial charge in [0.1, 0.15) is 0 Å². The van der Waals surface area contributed by atoms with Crippen molar-refractivity contribution in [3.63, 3.8) is 0 Å². The van der Waals surface area contributed by atoms with Crippen LogP contribution in [0.25, 0.3) is 0 Å². The molecule has 4 nitrogen and oxygen atoms in total. The smallest absolute Gasteiger partial charge is 0.193 e. The maximum absolute atomic E-state index is 5.81. The SMILES string of the molecule is CCOC(CCNC(=NC)N1CCC2(CCC2)C1)C(C)C.I. The molecule has 0 bridgehead atoms. The summed E-state index contributed by atoms with van der Waals surface area (Å²) in [6.07, 6.45) is 6.99. The van der Waals surface area contributed by atoms with E-state index in [1.165, 1.54) is 38.8 Å². The lowest BCUT2D eigenvalue weighted by molar-refractivity contribution is 0.0257. The van der Waals surface area contributed by atoms with E-state index in [0.717, 1.165) is 25.5 Å². The van der Waals surface area contributed by atoms with Crippen LogP contribution in [0.15, 0.2) is 4.99 Å². The van der Waals surface area contributed by atoms with E-state index in [1.54, 1.807) is 0 Å². The Labute approximate surface area is 153 Å². The van der Waals surface area contributed by atoms with E-state index >= 15 is 0 Å². The molecule has 1 heterocycles. The number of rotatable bonds is 6. The largest absolute Gasteiger partial charge is 0.378 e. The Morgan fingerprint density at radius 1 is 1.32 bits per heavy atom. The van der Waals surface area contributed by atoms with Crippen LogP contribution in [0.4, 0.5) is 0 Å². The molecule has 1 atom stereocenters. The summed E-state index contributed by atoms with van der Waals surface area (Å²) >= 11 is 0. The zero-order valence-corrected chi connectivity index (χ0v) is 17.1. The second-order valence-electron chi connectivity index (χ2n) is 7.03. The van der Waals surface area contributed by atoms with Crippen molar-refractivity contribution in [2.45, 2.75) is 59.0 Å². The predicted molar refractivity (Wildman–Crippen MR) is 104 cm³/mol. The van der Waals surface area contributed by atoms with E-state index < -0.39 is 0 Å². The van der Waals surface area contributed by atoms with Crippen molar-refractivity contribution in [1.29, 1.82) is 0 Å². The third-order valence-corrected chi connectivity index (χ3v) is 5.20. The number of likely N-dealkylation sites (tertiary alicyclic amines) is 1. The Kier molecular flexibility index (Phi) is 8.46. The van der Waals surface area contributed by atoms with Gasteiger partial charge in [-0.15, -0.1) is 24.0 Å². The molecule has 1 saturated carbocycles. The zero-order valence-electron chi connectivity index (χ0n) is 14.7. The van der Waals surface area contributed by atoms with Crippen molar-refractivity contribution < 1.29 is 4.74 Å². The average Bonchev–Trinajstić information content (AvgIpc) is 2.87. The first-order valence-electron chi connectivity index (χ1n) is 8.67. The minimum atomic E-state index is 0. The van der Waals surface area contributed by atoms with E-state index in [2.05, 4.69) is 36.0 Å². The molecule has 1 unspecified atom stereocenters. The molecule has 5 heteroatoms. The second-order valence-corrected chi connectivity index (χ2v) is 7.03. The van der Waals surface area contributed by atoms with Crippen LogP contribution in [0.2, 0.25) is 0 Å². The molecule has 0 amide bonds. The third-order valence-electron chi connectivity index (χ3n) is 5.20. The van der Waals surface area contributed by atoms with Gasteiger partial charge in [-0.25, -0.2) is 0 Å². The molecular weight excluding hydrogens is 389 g/mol. The van der Waals surface area contributed by atoms with Crippen LogP contribution >= 0.6 is 24.0 Å². The van der Waals surface area contributed by atoms with Gasteiger partial charge in [0.2, 0.25) is 0 Å². The number of ether oxygens (including phenoxy) is 1. The Hall–Kier alpha value is -0.0400. The topological polar surface area (TPSA) is 36.9 Å². The lowest BCUT2D eigenvalue weighted by atomic mass is 9.68. The van der Waals surface area contributed by atoms with Gasteiger partial charge in [-0.2, -0.15) is 0 Å². The highest BCUT2D eigenvalue weighted by Gasteiger charge is 2.43. The van der Waals surface area contributed by atoms with E-state index in [-0.39, 0.29) is 24.0 Å². The van der Waals surface area contributed by atoms with Gasteiger partial charge in [0.05, 0.1) is 6.10 Å². The predicted octanol–water partition coefficient (Wildman–Crippen LogP) is 3.51. The van der Waals surface area contributed by atoms with Crippen LogP contribution in [-0.2, 0) is 4.74 Å². The Balaban J connectivity index is 0.00000242. The molecule has 1 aliphatic carbocycles. The number of hydrogen-bond donors (Lipinski definition) is 1. The van der Waals surface area contributed by atoms with Gasteiger partial charge >= 0.3 is 0 Å². The summed E-state index contributed by atoms with van der Waals surface area (Å²) in [6, 6.07) is 0. The van der Waals surface area contributed by atoms with Crippen molar-refractivity contribution in [3.05, 3.63) is 0 Å². The molecule has 130 valence electrons. The summed E-state index contributed by atoms with van der Waals surface area (Å²) in [4.78, 5) is 6.92. The molecule has 22 heavy (non-hydrogen) atoms. The van der Waals surface area contributed by atoms with Crippen LogP contribution < -0.4 is 5.32 Å². The fourth-order valence-electron chi connectivity index (χ4n) is 3.68. The summed E-state index contributed by atoms with van der Waals surface area (Å²) in [7, 11) is 1.90. The van der Waals surface area contributed by atoms with Crippen LogP contribution in [0, 0.1) is 11.3 Å². The summed E-state index contributed by atoms with van der Waals surface area (Å²) in [6.45, 7) is 10.6. The van der Waals surface area contributed by atoms with Crippen molar-refractivity contribution in [2.24, 2.45) is 16.3 Å². The highest BCUT2D eigenvalue weighted by Crippen LogP contribution is 2.47. The molecule has 2 rings (SSSR count). The normalized spacial score (nSPS) is 21.7. The Morgan fingerprint density at radius 2 is 2.05 bits per heavy atom. The molecule has 0 aromatic carbocycles. The first kappa shape index (κ1) is 20.0. The Morgan fingerprint density at radius 3 is 2.50 bits per heavy atom. The van der Waals surface area contributed by atoms with Gasteiger partial charge in [-0.1, -0.05) is 20.3 Å². The van der Waals surface area contributed by atoms with Gasteiger partial charge < -0.3 is 15.0 Å². The van der Waals surface area contributed by atoms with E-state index in [1.807, 2.05) is 7.05 Å². The number of nitrogens with zero attached hydrogens (tertiary/aromatic N) is 2. The number of hydrogen-bond acceptors (Lipinski definition) is 2. The van der Waals surface area contributed by atoms with E-state index in [9.17, 15) is 0 Å². The molecule has 0 radical (unpaired) electrons. The third kappa shape index (κ3) is 4.98. The average molecular weight is 423 g/mol. The van der Waals surface area contributed by atoms with Crippen molar-refractivity contribution in [2.75, 3.05) is 33.3 Å². The summed E-state index contributed by atoms with van der Waals surface area (Å²) in [5.74, 6) is 1.65. The standard InChI is InChI=1S/C17H33N3O.HI/c1-5-21-15(14(2)3)7-11-19-16(18-4)20-12-10-17(13-20)8-6-9-17;/h14-15H,5-13H2,1-4H3,(H,18,19);1H. The fraction of sp³-hybridized carbons (Fsp3) is 0.941. The highest BCUT2D eigenvalue weighted by atomic mass is 127. The van der Waals surface area contributed by atoms with Gasteiger partial charge in [0.25, 0.3) is 0 Å². The molecule has 1 spiro atoms. The van der Waals surface area contributed by atoms with E-state index in [4.69, 9.17) is 4.74 Å². The molecule has 2 aliphatic rings. The molecular formula is C17H34IN3O. The van der Waals surface area contributed by atoms with Gasteiger partial charge in [0.15, 0.2) is 5.96 Å². The van der Waals surface area contributed by atoms with Gasteiger partial charge in [0, 0.05) is 33.3 Å². The lowest BCUT2D eigenvalue weighted by Gasteiger charge is -2.38. The Bertz CT molecular complexity index is 356. The quantitative estimate of drug-likeness (QED) is 0.404. The van der Waals surface area contributed by atoms with Gasteiger partial charge in [-0.3, -0.25) is 4.99 Å². The molecule has 2 fully saturated rings. The van der Waals surface area contributed by atoms with Gasteiger partial charge in [-0.05, 0) is 43.9 Å². The maximum atomic E-state index is 5.81. The molecule has 0 aromatic rings. The number of aliphatic imine (C=N–C) groups is 1. The molecule has 1 aliphatic heterocycles. The second kappa shape index (κ2) is 9.30. The summed E-state index contributed by atoms with van der Waals surface area (Å²) in [5, 5.41) is 3.54. The maximum Gasteiger partial charge on any atom is 0.193 e. The first-order chi connectivity index (χ1) is 10.1. The summed E-state index contributed by atoms with van der Waals surface area (Å²) < 4.78 is 5.81. The van der Waals surface area contributed by atoms with Crippen LogP contribution in [-0.4, -0.2) is 50.3 Å². The molecule has 1 saturated heterocycles. The lowest BCUT2D eigenvalue weighted by Crippen LogP contribution is -2.43. The molecule has 0 aromatic heterocycles. The van der Waals surface area contributed by atoms with Crippen molar-refractivity contribution >= 4 is 29.9 Å². The van der Waals surface area contributed by atoms with Crippen LogP contribution in [0.1, 0.15) is 52.9 Å². The zero-order chi connectivity index (χ0) is 15.3. The number of halogens is 1. The molecule has 1 N–H and O–H groups in total. The highest BCUT2D eigenvalue weighted by molar-refractivity contribution is 14.0. The van der Waals surface area contributed by atoms with Crippen LogP contribution in [0.3, 0.4) is 0 Å². The fourth-order valence-corrected chi connectivity index (χ4v) is 3.68.